The van der Waals surface area contributed by atoms with E-state index in [1.807, 2.05) is 23.7 Å². The normalized spacial score (nSPS) is 11.6. The van der Waals surface area contributed by atoms with E-state index in [4.69, 9.17) is 4.98 Å². The van der Waals surface area contributed by atoms with Crippen molar-refractivity contribution in [3.8, 4) is 5.69 Å². The summed E-state index contributed by atoms with van der Waals surface area (Å²) in [6, 6.07) is 45.2. The van der Waals surface area contributed by atoms with Crippen molar-refractivity contribution in [2.75, 3.05) is 4.90 Å². The summed E-state index contributed by atoms with van der Waals surface area (Å²) >= 11 is 1.84. The fourth-order valence-corrected chi connectivity index (χ4v) is 6.90. The summed E-state index contributed by atoms with van der Waals surface area (Å²) in [5, 5.41) is 4.92. The summed E-state index contributed by atoms with van der Waals surface area (Å²) in [5.41, 5.74) is 6.91. The van der Waals surface area contributed by atoms with Crippen LogP contribution in [0.1, 0.15) is 0 Å². The highest BCUT2D eigenvalue weighted by Gasteiger charge is 2.18. The van der Waals surface area contributed by atoms with Crippen LogP contribution in [0, 0.1) is 0 Å². The Morgan fingerprint density at radius 2 is 1.10 bits per heavy atom. The number of anilines is 3. The topological polar surface area (TPSA) is 21.1 Å². The molecule has 0 saturated carbocycles. The highest BCUT2D eigenvalue weighted by atomic mass is 32.1. The molecule has 3 heterocycles. The molecule has 0 aliphatic rings. The smallest absolute Gasteiger partial charge is 0.0825 e. The van der Waals surface area contributed by atoms with Gasteiger partial charge in [0.2, 0.25) is 0 Å². The average molecular weight is 518 g/mol. The molecule has 3 nitrogen and oxygen atoms in total. The van der Waals surface area contributed by atoms with Gasteiger partial charge in [0.1, 0.15) is 0 Å². The van der Waals surface area contributed by atoms with E-state index >= 15 is 0 Å². The fraction of sp³-hybridized carbons (Fsp3) is 0. The third-order valence-electron chi connectivity index (χ3n) is 7.45. The second-order valence-corrected chi connectivity index (χ2v) is 10.7. The number of hydrogen-bond donors (Lipinski definition) is 0. The molecule has 0 amide bonds. The van der Waals surface area contributed by atoms with Crippen molar-refractivity contribution in [2.45, 2.75) is 0 Å². The second kappa shape index (κ2) is 8.83. The van der Waals surface area contributed by atoms with Crippen LogP contribution in [0.2, 0.25) is 0 Å². The Bertz CT molecular complexity index is 2030. The van der Waals surface area contributed by atoms with Crippen LogP contribution in [0.3, 0.4) is 0 Å². The van der Waals surface area contributed by atoms with Gasteiger partial charge in [-0.05, 0) is 54.6 Å². The van der Waals surface area contributed by atoms with Crippen molar-refractivity contribution in [1.82, 2.24) is 9.55 Å². The van der Waals surface area contributed by atoms with Gasteiger partial charge in [0, 0.05) is 49.5 Å². The lowest BCUT2D eigenvalue weighted by atomic mass is 10.1. The molecule has 0 unspecified atom stereocenters. The van der Waals surface area contributed by atoms with Crippen LogP contribution in [0.25, 0.3) is 47.7 Å². The minimum Gasteiger partial charge on any atom is -0.310 e. The Hall–Kier alpha value is -4.93. The van der Waals surface area contributed by atoms with E-state index in [0.717, 1.165) is 22.7 Å². The molecule has 5 aromatic carbocycles. The maximum absolute atomic E-state index is 4.77. The molecule has 0 saturated heterocycles. The van der Waals surface area contributed by atoms with Gasteiger partial charge in [-0.25, -0.2) is 0 Å². The molecule has 0 aliphatic carbocycles. The van der Waals surface area contributed by atoms with Gasteiger partial charge in [0.15, 0.2) is 0 Å². The predicted molar refractivity (Wildman–Crippen MR) is 166 cm³/mol. The van der Waals surface area contributed by atoms with Gasteiger partial charge >= 0.3 is 0 Å². The van der Waals surface area contributed by atoms with E-state index in [2.05, 4.69) is 137 Å². The van der Waals surface area contributed by atoms with Crippen molar-refractivity contribution in [3.05, 3.63) is 140 Å². The number of thiophene rings is 1. The molecule has 39 heavy (non-hydrogen) atoms. The van der Waals surface area contributed by atoms with Gasteiger partial charge in [-0.1, -0.05) is 72.8 Å². The summed E-state index contributed by atoms with van der Waals surface area (Å²) < 4.78 is 4.87. The highest BCUT2D eigenvalue weighted by molar-refractivity contribution is 7.26. The van der Waals surface area contributed by atoms with Crippen LogP contribution in [0.15, 0.2) is 140 Å². The number of pyridine rings is 1. The van der Waals surface area contributed by atoms with Crippen molar-refractivity contribution in [2.24, 2.45) is 0 Å². The first-order valence-electron chi connectivity index (χ1n) is 13.1. The second-order valence-electron chi connectivity index (χ2n) is 9.69. The third kappa shape index (κ3) is 3.46. The highest BCUT2D eigenvalue weighted by Crippen LogP contribution is 2.43. The van der Waals surface area contributed by atoms with Gasteiger partial charge < -0.3 is 9.47 Å². The van der Waals surface area contributed by atoms with Crippen LogP contribution in [-0.2, 0) is 0 Å². The van der Waals surface area contributed by atoms with Gasteiger partial charge in [0.05, 0.1) is 27.6 Å². The molecule has 184 valence electrons. The Kier molecular flexibility index (Phi) is 5.00. The van der Waals surface area contributed by atoms with E-state index in [-0.39, 0.29) is 0 Å². The molecule has 8 rings (SSSR count). The molecular formula is C35H23N3S. The minimum absolute atomic E-state index is 1.12. The zero-order valence-corrected chi connectivity index (χ0v) is 21.8. The number of hydrogen-bond acceptors (Lipinski definition) is 3. The van der Waals surface area contributed by atoms with Gasteiger partial charge in [-0.2, -0.15) is 0 Å². The molecule has 0 atom stereocenters. The summed E-state index contributed by atoms with van der Waals surface area (Å²) in [6.07, 6.45) is 4.03. The van der Waals surface area contributed by atoms with Crippen LogP contribution in [-0.4, -0.2) is 9.55 Å². The fourth-order valence-electron chi connectivity index (χ4n) is 5.75. The quantitative estimate of drug-likeness (QED) is 0.232. The molecule has 0 bridgehead atoms. The number of aromatic nitrogens is 2. The Morgan fingerprint density at radius 3 is 1.74 bits per heavy atom. The van der Waals surface area contributed by atoms with Crippen LogP contribution in [0.5, 0.6) is 0 Å². The Labute approximate surface area is 229 Å². The Morgan fingerprint density at radius 1 is 0.513 bits per heavy atom. The number of fused-ring (bicyclic) bond motifs is 6. The zero-order chi connectivity index (χ0) is 25.8. The molecule has 8 aromatic rings. The largest absolute Gasteiger partial charge is 0.310 e. The van der Waals surface area contributed by atoms with E-state index < -0.39 is 0 Å². The minimum atomic E-state index is 1.12. The zero-order valence-electron chi connectivity index (χ0n) is 21.0. The van der Waals surface area contributed by atoms with Gasteiger partial charge in [0.25, 0.3) is 0 Å². The van der Waals surface area contributed by atoms with Crippen molar-refractivity contribution < 1.29 is 0 Å². The SMILES string of the molecule is c1ccc(N(c2ccccc2)c2ccc3sc4c(-n5c6ccccc6c6ccccc65)cncc4c3c2)cc1. The van der Waals surface area contributed by atoms with E-state index in [1.165, 1.54) is 42.0 Å². The lowest BCUT2D eigenvalue weighted by Crippen LogP contribution is -2.09. The van der Waals surface area contributed by atoms with Gasteiger partial charge in [-0.15, -0.1) is 11.3 Å². The van der Waals surface area contributed by atoms with Crippen molar-refractivity contribution in [1.29, 1.82) is 0 Å². The van der Waals surface area contributed by atoms with E-state index in [9.17, 15) is 0 Å². The summed E-state index contributed by atoms with van der Waals surface area (Å²) in [4.78, 5) is 7.08. The van der Waals surface area contributed by atoms with E-state index in [1.54, 1.807) is 0 Å². The molecule has 0 aliphatic heterocycles. The first-order chi connectivity index (χ1) is 19.4. The molecule has 0 N–H and O–H groups in total. The van der Waals surface area contributed by atoms with Crippen molar-refractivity contribution >= 4 is 70.4 Å². The Balaban J connectivity index is 1.38. The lowest BCUT2D eigenvalue weighted by molar-refractivity contribution is 1.17. The number of nitrogens with zero attached hydrogens (tertiary/aromatic N) is 3. The number of benzene rings is 5. The molecule has 3 aromatic heterocycles. The molecule has 0 spiro atoms. The maximum atomic E-state index is 4.77. The monoisotopic (exact) mass is 517 g/mol. The maximum Gasteiger partial charge on any atom is 0.0825 e. The summed E-state index contributed by atoms with van der Waals surface area (Å²) in [6.45, 7) is 0. The standard InChI is InChI=1S/C35H23N3S/c1-3-11-24(12-4-1)37(25-13-5-2-6-14-25)26-19-20-34-29(21-26)30-22-36-23-33(35(30)39-34)38-31-17-9-7-15-27(31)28-16-8-10-18-32(28)38/h1-23H. The van der Waals surface area contributed by atoms with E-state index in [0.29, 0.717) is 0 Å². The first kappa shape index (κ1) is 22.1. The number of para-hydroxylation sites is 4. The predicted octanol–water partition coefficient (Wildman–Crippen LogP) is 10.0. The number of rotatable bonds is 4. The average Bonchev–Trinajstić information content (AvgIpc) is 3.54. The van der Waals surface area contributed by atoms with Crippen LogP contribution >= 0.6 is 11.3 Å². The molecule has 0 fully saturated rings. The molecular weight excluding hydrogens is 494 g/mol. The lowest BCUT2D eigenvalue weighted by Gasteiger charge is -2.25. The van der Waals surface area contributed by atoms with Gasteiger partial charge in [-0.3, -0.25) is 4.98 Å². The third-order valence-corrected chi connectivity index (χ3v) is 8.66. The van der Waals surface area contributed by atoms with Crippen LogP contribution < -0.4 is 4.90 Å². The summed E-state index contributed by atoms with van der Waals surface area (Å²) in [5.74, 6) is 0. The van der Waals surface area contributed by atoms with Crippen molar-refractivity contribution in [3.63, 3.8) is 0 Å². The summed E-state index contributed by atoms with van der Waals surface area (Å²) in [7, 11) is 0. The van der Waals surface area contributed by atoms with Crippen LogP contribution in [0.4, 0.5) is 17.1 Å². The molecule has 4 heteroatoms. The molecule has 0 radical (unpaired) electrons. The first-order valence-corrected chi connectivity index (χ1v) is 13.9.